The second-order valence-electron chi connectivity index (χ2n) is 5.07. The van der Waals surface area contributed by atoms with E-state index in [9.17, 15) is 4.79 Å². The predicted octanol–water partition coefficient (Wildman–Crippen LogP) is 2.99. The lowest BCUT2D eigenvalue weighted by molar-refractivity contribution is 0.0920. The summed E-state index contributed by atoms with van der Waals surface area (Å²) in [6, 6.07) is 7.54. The summed E-state index contributed by atoms with van der Waals surface area (Å²) in [5.74, 6) is 1.35. The summed E-state index contributed by atoms with van der Waals surface area (Å²) < 4.78 is 10.4. The Labute approximate surface area is 117 Å². The Morgan fingerprint density at radius 3 is 2.95 bits per heavy atom. The summed E-state index contributed by atoms with van der Waals surface area (Å²) in [6.07, 6.45) is 3.56. The first-order valence-electron chi connectivity index (χ1n) is 6.66. The van der Waals surface area contributed by atoms with E-state index in [1.807, 2.05) is 37.6 Å². The summed E-state index contributed by atoms with van der Waals surface area (Å²) >= 11 is 0. The van der Waals surface area contributed by atoms with Gasteiger partial charge in [-0.15, -0.1) is 0 Å². The maximum absolute atomic E-state index is 12.5. The van der Waals surface area contributed by atoms with Crippen LogP contribution in [0, 0.1) is 19.3 Å². The van der Waals surface area contributed by atoms with Gasteiger partial charge in [-0.3, -0.25) is 4.79 Å². The van der Waals surface area contributed by atoms with Crippen LogP contribution in [0.5, 0.6) is 5.75 Å². The van der Waals surface area contributed by atoms with Crippen molar-refractivity contribution in [2.45, 2.75) is 19.8 Å². The molecule has 20 heavy (non-hydrogen) atoms. The molecule has 0 bridgehead atoms. The van der Waals surface area contributed by atoms with E-state index in [2.05, 4.69) is 5.16 Å². The van der Waals surface area contributed by atoms with Crippen molar-refractivity contribution in [2.75, 3.05) is 7.11 Å². The molecule has 1 aromatic carbocycles. The minimum Gasteiger partial charge on any atom is -0.497 e. The maximum atomic E-state index is 12.5. The topological polar surface area (TPSA) is 52.3 Å². The third-order valence-electron chi connectivity index (χ3n) is 3.66. The first-order valence-corrected chi connectivity index (χ1v) is 6.66. The number of carbonyl (C=O) groups is 1. The molecular weight excluding hydrogens is 254 g/mol. The Hall–Kier alpha value is -2.10. The van der Waals surface area contributed by atoms with Crippen molar-refractivity contribution in [1.82, 2.24) is 5.16 Å². The van der Waals surface area contributed by atoms with Crippen LogP contribution in [0.15, 0.2) is 28.8 Å². The quantitative estimate of drug-likeness (QED) is 0.860. The number of ether oxygens (including phenoxy) is 1. The third-order valence-corrected chi connectivity index (χ3v) is 3.66. The van der Waals surface area contributed by atoms with Gasteiger partial charge < -0.3 is 9.26 Å². The lowest BCUT2D eigenvalue weighted by Gasteiger charge is -2.22. The van der Waals surface area contributed by atoms with Crippen molar-refractivity contribution in [3.8, 4) is 5.75 Å². The van der Waals surface area contributed by atoms with E-state index in [4.69, 9.17) is 9.26 Å². The van der Waals surface area contributed by atoms with E-state index in [-0.39, 0.29) is 11.7 Å². The Morgan fingerprint density at radius 2 is 2.25 bits per heavy atom. The Morgan fingerprint density at radius 1 is 1.40 bits per heavy atom. The van der Waals surface area contributed by atoms with Gasteiger partial charge in [-0.2, -0.15) is 0 Å². The number of ketones is 1. The standard InChI is InChI=1S/C16H16NO3/c1-10-7-14(20-17-10)8-12-4-3-11-5-6-13(19-2)9-15(11)16(12)18/h5-9,12H,3-4H2,1-2H3. The lowest BCUT2D eigenvalue weighted by atomic mass is 9.80. The fourth-order valence-electron chi connectivity index (χ4n) is 2.59. The summed E-state index contributed by atoms with van der Waals surface area (Å²) in [4.78, 5) is 12.5. The highest BCUT2D eigenvalue weighted by atomic mass is 16.5. The number of hydrogen-bond donors (Lipinski definition) is 0. The molecule has 1 unspecified atom stereocenters. The highest BCUT2D eigenvalue weighted by molar-refractivity contribution is 6.01. The minimum absolute atomic E-state index is 0.124. The van der Waals surface area contributed by atoms with Crippen LogP contribution >= 0.6 is 0 Å². The molecule has 2 aromatic rings. The second kappa shape index (κ2) is 5.12. The smallest absolute Gasteiger partial charge is 0.167 e. The molecule has 0 spiro atoms. The Kier molecular flexibility index (Phi) is 3.30. The van der Waals surface area contributed by atoms with E-state index in [1.54, 1.807) is 7.11 Å². The van der Waals surface area contributed by atoms with Crippen molar-refractivity contribution in [2.24, 2.45) is 5.92 Å². The van der Waals surface area contributed by atoms with Gasteiger partial charge in [0.25, 0.3) is 0 Å². The van der Waals surface area contributed by atoms with Crippen LogP contribution in [0.4, 0.5) is 0 Å². The fraction of sp³-hybridized carbons (Fsp3) is 0.312. The van der Waals surface area contributed by atoms with E-state index in [0.717, 1.165) is 29.7 Å². The molecule has 0 saturated heterocycles. The van der Waals surface area contributed by atoms with E-state index >= 15 is 0 Å². The molecule has 0 amide bonds. The maximum Gasteiger partial charge on any atom is 0.167 e. The Bertz CT molecular complexity index is 645. The molecular formula is C16H16NO3. The molecule has 4 heteroatoms. The van der Waals surface area contributed by atoms with Crippen molar-refractivity contribution < 1.29 is 14.1 Å². The lowest BCUT2D eigenvalue weighted by Crippen LogP contribution is -2.23. The number of nitrogens with zero attached hydrogens (tertiary/aromatic N) is 1. The molecule has 1 heterocycles. The molecule has 103 valence electrons. The van der Waals surface area contributed by atoms with Crippen LogP contribution in [0.2, 0.25) is 0 Å². The number of rotatable bonds is 3. The zero-order valence-electron chi connectivity index (χ0n) is 11.6. The molecule has 1 aromatic heterocycles. The van der Waals surface area contributed by atoms with Gasteiger partial charge in [0.2, 0.25) is 0 Å². The van der Waals surface area contributed by atoms with Gasteiger partial charge in [-0.05, 0) is 37.5 Å². The number of carbonyl (C=O) groups excluding carboxylic acids is 1. The molecule has 1 radical (unpaired) electrons. The highest BCUT2D eigenvalue weighted by Gasteiger charge is 2.29. The van der Waals surface area contributed by atoms with E-state index in [1.165, 1.54) is 0 Å². The average Bonchev–Trinajstić information content (AvgIpc) is 2.87. The van der Waals surface area contributed by atoms with Gasteiger partial charge in [0.15, 0.2) is 5.78 Å². The van der Waals surface area contributed by atoms with E-state index < -0.39 is 0 Å². The molecule has 0 N–H and O–H groups in total. The number of benzene rings is 1. The number of Topliss-reactive ketones (excluding diaryl/α,β-unsaturated/α-hetero) is 1. The highest BCUT2D eigenvalue weighted by Crippen LogP contribution is 2.31. The van der Waals surface area contributed by atoms with Crippen molar-refractivity contribution in [1.29, 1.82) is 0 Å². The summed E-state index contributed by atoms with van der Waals surface area (Å²) in [7, 11) is 1.61. The predicted molar refractivity (Wildman–Crippen MR) is 73.8 cm³/mol. The number of aryl methyl sites for hydroxylation is 2. The molecule has 3 rings (SSSR count). The summed E-state index contributed by atoms with van der Waals surface area (Å²) in [6.45, 7) is 1.86. The van der Waals surface area contributed by atoms with Crippen molar-refractivity contribution >= 4 is 5.78 Å². The van der Waals surface area contributed by atoms with Crippen LogP contribution in [0.25, 0.3) is 0 Å². The average molecular weight is 270 g/mol. The third kappa shape index (κ3) is 2.33. The number of aromatic nitrogens is 1. The summed E-state index contributed by atoms with van der Waals surface area (Å²) in [5, 5.41) is 3.84. The molecule has 1 aliphatic rings. The van der Waals surface area contributed by atoms with Gasteiger partial charge in [-0.25, -0.2) is 0 Å². The van der Waals surface area contributed by atoms with Crippen molar-refractivity contribution in [3.05, 3.63) is 53.3 Å². The van der Waals surface area contributed by atoms with Crippen LogP contribution in [-0.2, 0) is 6.42 Å². The van der Waals surface area contributed by atoms with Crippen LogP contribution in [0.3, 0.4) is 0 Å². The zero-order chi connectivity index (χ0) is 14.1. The fourth-order valence-corrected chi connectivity index (χ4v) is 2.59. The molecule has 0 aliphatic heterocycles. The zero-order valence-corrected chi connectivity index (χ0v) is 11.6. The van der Waals surface area contributed by atoms with Crippen molar-refractivity contribution in [3.63, 3.8) is 0 Å². The number of fused-ring (bicyclic) bond motifs is 1. The SMILES string of the molecule is COc1ccc2c(c1)C(=O)C([CH]c1cc(C)no1)CC2. The molecule has 0 fully saturated rings. The first-order chi connectivity index (χ1) is 9.67. The normalized spacial score (nSPS) is 17.9. The Balaban J connectivity index is 1.84. The van der Waals surface area contributed by atoms with E-state index in [0.29, 0.717) is 11.5 Å². The number of hydrogen-bond acceptors (Lipinski definition) is 4. The van der Waals surface area contributed by atoms with Crippen LogP contribution < -0.4 is 4.74 Å². The summed E-state index contributed by atoms with van der Waals surface area (Å²) in [5.41, 5.74) is 2.67. The number of methoxy groups -OCH3 is 1. The van der Waals surface area contributed by atoms with Gasteiger partial charge in [0, 0.05) is 24.0 Å². The molecule has 4 nitrogen and oxygen atoms in total. The van der Waals surface area contributed by atoms with Crippen LogP contribution in [-0.4, -0.2) is 18.0 Å². The minimum atomic E-state index is -0.151. The second-order valence-corrected chi connectivity index (χ2v) is 5.07. The van der Waals surface area contributed by atoms with Gasteiger partial charge in [0.1, 0.15) is 11.5 Å². The molecule has 0 saturated carbocycles. The first kappa shape index (κ1) is 12.9. The van der Waals surface area contributed by atoms with Crippen LogP contribution in [0.1, 0.15) is 33.8 Å². The largest absolute Gasteiger partial charge is 0.497 e. The van der Waals surface area contributed by atoms with Gasteiger partial charge in [-0.1, -0.05) is 11.2 Å². The van der Waals surface area contributed by atoms with Gasteiger partial charge in [0.05, 0.1) is 12.8 Å². The van der Waals surface area contributed by atoms with Gasteiger partial charge >= 0.3 is 0 Å². The molecule has 1 atom stereocenters. The molecule has 1 aliphatic carbocycles. The monoisotopic (exact) mass is 270 g/mol.